The maximum absolute atomic E-state index is 13.0. The van der Waals surface area contributed by atoms with E-state index in [1.54, 1.807) is 18.2 Å². The third-order valence-electron chi connectivity index (χ3n) is 2.82. The maximum atomic E-state index is 13.0. The lowest BCUT2D eigenvalue weighted by atomic mass is 10.1. The van der Waals surface area contributed by atoms with Gasteiger partial charge in [-0.05, 0) is 42.8 Å². The molecular formula is C14H10BrFN2O3. The minimum Gasteiger partial charge on any atom is -0.316 e. The number of halogens is 2. The Morgan fingerprint density at radius 1 is 1.29 bits per heavy atom. The number of carbonyl (C=O) groups is 1. The molecule has 1 N–H and O–H groups in total. The fraction of sp³-hybridized carbons (Fsp3) is 0.0714. The van der Waals surface area contributed by atoms with E-state index in [4.69, 9.17) is 0 Å². The molecule has 0 aromatic heterocycles. The van der Waals surface area contributed by atoms with E-state index >= 15 is 0 Å². The van der Waals surface area contributed by atoms with Crippen molar-refractivity contribution in [2.75, 3.05) is 5.32 Å². The number of hydrogen-bond acceptors (Lipinski definition) is 3. The third kappa shape index (κ3) is 3.43. The Morgan fingerprint density at radius 3 is 2.62 bits per heavy atom. The minimum atomic E-state index is -0.745. The van der Waals surface area contributed by atoms with Crippen molar-refractivity contribution in [1.29, 1.82) is 0 Å². The molecule has 0 bridgehead atoms. The zero-order valence-corrected chi connectivity index (χ0v) is 12.5. The number of nitrogens with zero attached hydrogens (tertiary/aromatic N) is 1. The molecule has 0 fully saturated rings. The molecule has 0 aliphatic carbocycles. The summed E-state index contributed by atoms with van der Waals surface area (Å²) in [5, 5.41) is 13.3. The van der Waals surface area contributed by atoms with Gasteiger partial charge in [-0.1, -0.05) is 15.9 Å². The standard InChI is InChI=1S/C14H10BrFN2O3/c1-8-6-9(2-4-11(8)15)14(19)17-12-5-3-10(16)7-13(12)18(20)21/h2-7H,1H3,(H,17,19). The molecule has 5 nitrogen and oxygen atoms in total. The highest BCUT2D eigenvalue weighted by atomic mass is 79.9. The molecular weight excluding hydrogens is 343 g/mol. The van der Waals surface area contributed by atoms with Crippen LogP contribution in [0.2, 0.25) is 0 Å². The summed E-state index contributed by atoms with van der Waals surface area (Å²) in [6, 6.07) is 7.93. The van der Waals surface area contributed by atoms with E-state index in [1.165, 1.54) is 0 Å². The van der Waals surface area contributed by atoms with Crippen LogP contribution in [-0.4, -0.2) is 10.8 Å². The summed E-state index contributed by atoms with van der Waals surface area (Å²) in [5.74, 6) is -1.24. The highest BCUT2D eigenvalue weighted by Gasteiger charge is 2.17. The molecule has 0 saturated heterocycles. The molecule has 0 unspecified atom stereocenters. The number of nitrogens with one attached hydrogen (secondary N) is 1. The fourth-order valence-corrected chi connectivity index (χ4v) is 1.99. The molecule has 0 spiro atoms. The quantitative estimate of drug-likeness (QED) is 0.668. The van der Waals surface area contributed by atoms with Crippen molar-refractivity contribution >= 4 is 33.2 Å². The second-order valence-electron chi connectivity index (χ2n) is 4.34. The van der Waals surface area contributed by atoms with E-state index in [2.05, 4.69) is 21.2 Å². The summed E-state index contributed by atoms with van der Waals surface area (Å²) < 4.78 is 13.9. The largest absolute Gasteiger partial charge is 0.316 e. The van der Waals surface area contributed by atoms with E-state index in [9.17, 15) is 19.3 Å². The summed E-state index contributed by atoms with van der Waals surface area (Å²) >= 11 is 3.32. The first-order valence-electron chi connectivity index (χ1n) is 5.90. The summed E-state index contributed by atoms with van der Waals surface area (Å²) in [6.45, 7) is 1.82. The zero-order valence-electron chi connectivity index (χ0n) is 10.9. The number of benzene rings is 2. The van der Waals surface area contributed by atoms with Crippen LogP contribution in [0.4, 0.5) is 15.8 Å². The number of nitro benzene ring substituents is 1. The zero-order chi connectivity index (χ0) is 15.6. The Kier molecular flexibility index (Phi) is 4.32. The molecule has 7 heteroatoms. The lowest BCUT2D eigenvalue weighted by Gasteiger charge is -2.07. The molecule has 0 atom stereocenters. The van der Waals surface area contributed by atoms with Gasteiger partial charge >= 0.3 is 0 Å². The molecule has 2 aromatic rings. The highest BCUT2D eigenvalue weighted by Crippen LogP contribution is 2.26. The van der Waals surface area contributed by atoms with Crippen molar-refractivity contribution in [3.63, 3.8) is 0 Å². The summed E-state index contributed by atoms with van der Waals surface area (Å²) in [4.78, 5) is 22.2. The Labute approximate surface area is 128 Å². The molecule has 0 aliphatic heterocycles. The van der Waals surface area contributed by atoms with Crippen LogP contribution in [0.3, 0.4) is 0 Å². The van der Waals surface area contributed by atoms with Crippen molar-refractivity contribution in [1.82, 2.24) is 0 Å². The summed E-state index contributed by atoms with van der Waals surface area (Å²) in [6.07, 6.45) is 0. The average Bonchev–Trinajstić information content (AvgIpc) is 2.43. The Balaban J connectivity index is 2.31. The van der Waals surface area contributed by atoms with Gasteiger partial charge in [-0.2, -0.15) is 0 Å². The molecule has 0 heterocycles. The van der Waals surface area contributed by atoms with Crippen molar-refractivity contribution in [3.05, 3.63) is 67.9 Å². The predicted molar refractivity (Wildman–Crippen MR) is 79.9 cm³/mol. The normalized spacial score (nSPS) is 10.2. The van der Waals surface area contributed by atoms with Gasteiger partial charge in [-0.3, -0.25) is 14.9 Å². The average molecular weight is 353 g/mol. The molecule has 2 rings (SSSR count). The van der Waals surface area contributed by atoms with Gasteiger partial charge in [0.25, 0.3) is 11.6 Å². The number of hydrogen-bond donors (Lipinski definition) is 1. The number of carbonyl (C=O) groups excluding carboxylic acids is 1. The van der Waals surface area contributed by atoms with Crippen LogP contribution in [0.25, 0.3) is 0 Å². The highest BCUT2D eigenvalue weighted by molar-refractivity contribution is 9.10. The Morgan fingerprint density at radius 2 is 2.00 bits per heavy atom. The number of aryl methyl sites for hydroxylation is 1. The van der Waals surface area contributed by atoms with E-state index in [0.717, 1.165) is 28.2 Å². The van der Waals surface area contributed by atoms with Gasteiger partial charge in [0.05, 0.1) is 11.0 Å². The van der Waals surface area contributed by atoms with Crippen molar-refractivity contribution in [3.8, 4) is 0 Å². The van der Waals surface area contributed by atoms with Crippen LogP contribution in [0.1, 0.15) is 15.9 Å². The molecule has 1 amide bonds. The Hall–Kier alpha value is -2.28. The number of rotatable bonds is 3. The first-order chi connectivity index (χ1) is 9.88. The van der Waals surface area contributed by atoms with Gasteiger partial charge in [0, 0.05) is 10.0 Å². The van der Waals surface area contributed by atoms with Crippen LogP contribution in [0.5, 0.6) is 0 Å². The monoisotopic (exact) mass is 352 g/mol. The van der Waals surface area contributed by atoms with Gasteiger partial charge in [-0.25, -0.2) is 4.39 Å². The lowest BCUT2D eigenvalue weighted by Crippen LogP contribution is -2.13. The van der Waals surface area contributed by atoms with Gasteiger partial charge in [0.1, 0.15) is 11.5 Å². The van der Waals surface area contributed by atoms with Crippen molar-refractivity contribution in [2.45, 2.75) is 6.92 Å². The topological polar surface area (TPSA) is 72.2 Å². The smallest absolute Gasteiger partial charge is 0.295 e. The number of nitro groups is 1. The molecule has 0 aliphatic rings. The molecule has 21 heavy (non-hydrogen) atoms. The van der Waals surface area contributed by atoms with E-state index < -0.39 is 22.3 Å². The van der Waals surface area contributed by atoms with Crippen LogP contribution >= 0.6 is 15.9 Å². The molecule has 0 saturated carbocycles. The van der Waals surface area contributed by atoms with E-state index in [-0.39, 0.29) is 5.69 Å². The van der Waals surface area contributed by atoms with E-state index in [0.29, 0.717) is 5.56 Å². The number of anilines is 1. The second kappa shape index (κ2) is 6.01. The van der Waals surface area contributed by atoms with Crippen LogP contribution in [-0.2, 0) is 0 Å². The van der Waals surface area contributed by atoms with E-state index in [1.807, 2.05) is 6.92 Å². The summed E-state index contributed by atoms with van der Waals surface area (Å²) in [7, 11) is 0. The molecule has 2 aromatic carbocycles. The van der Waals surface area contributed by atoms with Crippen LogP contribution in [0, 0.1) is 22.9 Å². The molecule has 108 valence electrons. The van der Waals surface area contributed by atoms with Gasteiger partial charge in [0.2, 0.25) is 0 Å². The maximum Gasteiger partial charge on any atom is 0.295 e. The SMILES string of the molecule is Cc1cc(C(=O)Nc2ccc(F)cc2[N+](=O)[O-])ccc1Br. The van der Waals surface area contributed by atoms with Gasteiger partial charge < -0.3 is 5.32 Å². The van der Waals surface area contributed by atoms with Crippen LogP contribution in [0.15, 0.2) is 40.9 Å². The Bertz CT molecular complexity index is 734. The first kappa shape index (κ1) is 15.1. The van der Waals surface area contributed by atoms with Crippen molar-refractivity contribution < 1.29 is 14.1 Å². The van der Waals surface area contributed by atoms with Crippen LogP contribution < -0.4 is 5.32 Å². The fourth-order valence-electron chi connectivity index (χ4n) is 1.74. The summed E-state index contributed by atoms with van der Waals surface area (Å²) in [5.41, 5.74) is 0.676. The predicted octanol–water partition coefficient (Wildman–Crippen LogP) is 4.06. The lowest BCUT2D eigenvalue weighted by molar-refractivity contribution is -0.384. The minimum absolute atomic E-state index is 0.0491. The van der Waals surface area contributed by atoms with Crippen molar-refractivity contribution in [2.24, 2.45) is 0 Å². The van der Waals surface area contributed by atoms with Gasteiger partial charge in [0.15, 0.2) is 0 Å². The molecule has 0 radical (unpaired) electrons. The van der Waals surface area contributed by atoms with Gasteiger partial charge in [-0.15, -0.1) is 0 Å². The first-order valence-corrected chi connectivity index (χ1v) is 6.69. The third-order valence-corrected chi connectivity index (χ3v) is 3.71. The number of amides is 1. The second-order valence-corrected chi connectivity index (χ2v) is 5.19.